The number of fused-ring (bicyclic) bond motifs is 1. The summed E-state index contributed by atoms with van der Waals surface area (Å²) in [5.41, 5.74) is 4.00. The molecule has 25 heavy (non-hydrogen) atoms. The molecule has 0 bridgehead atoms. The van der Waals surface area contributed by atoms with E-state index in [-0.39, 0.29) is 12.7 Å². The van der Waals surface area contributed by atoms with E-state index in [9.17, 15) is 4.79 Å². The molecule has 126 valence electrons. The SMILES string of the molecule is Cc1ccc(N2C(=O)/C(=C/c3ccc4c(c3)OCO4)SC2=S)cc1C. The molecule has 2 aliphatic rings. The Kier molecular flexibility index (Phi) is 4.01. The van der Waals surface area contributed by atoms with E-state index in [0.717, 1.165) is 22.6 Å². The number of amides is 1. The molecular formula is C19H15NO3S2. The fourth-order valence-corrected chi connectivity index (χ4v) is 4.01. The van der Waals surface area contributed by atoms with Gasteiger partial charge in [-0.1, -0.05) is 36.1 Å². The summed E-state index contributed by atoms with van der Waals surface area (Å²) in [6.07, 6.45) is 1.84. The van der Waals surface area contributed by atoms with E-state index >= 15 is 0 Å². The van der Waals surface area contributed by atoms with Gasteiger partial charge in [0.25, 0.3) is 5.91 Å². The molecule has 4 nitrogen and oxygen atoms in total. The molecule has 0 aliphatic carbocycles. The van der Waals surface area contributed by atoms with Gasteiger partial charge in [-0.05, 0) is 60.9 Å². The Morgan fingerprint density at radius 1 is 1.08 bits per heavy atom. The van der Waals surface area contributed by atoms with Crippen molar-refractivity contribution in [1.29, 1.82) is 0 Å². The first-order valence-corrected chi connectivity index (χ1v) is 9.00. The number of benzene rings is 2. The lowest BCUT2D eigenvalue weighted by atomic mass is 10.1. The van der Waals surface area contributed by atoms with Crippen molar-refractivity contribution >= 4 is 46.0 Å². The number of carbonyl (C=O) groups is 1. The van der Waals surface area contributed by atoms with Crippen LogP contribution in [0.15, 0.2) is 41.3 Å². The van der Waals surface area contributed by atoms with Crippen LogP contribution in [0, 0.1) is 13.8 Å². The second-order valence-electron chi connectivity index (χ2n) is 5.90. The molecule has 6 heteroatoms. The zero-order valence-electron chi connectivity index (χ0n) is 13.7. The van der Waals surface area contributed by atoms with Crippen LogP contribution in [0.2, 0.25) is 0 Å². The first kappa shape index (κ1) is 16.2. The van der Waals surface area contributed by atoms with Gasteiger partial charge in [-0.25, -0.2) is 0 Å². The molecule has 0 aromatic heterocycles. The number of rotatable bonds is 2. The summed E-state index contributed by atoms with van der Waals surface area (Å²) >= 11 is 6.74. The number of anilines is 1. The van der Waals surface area contributed by atoms with E-state index in [2.05, 4.69) is 0 Å². The number of nitrogens with zero attached hydrogens (tertiary/aromatic N) is 1. The zero-order valence-corrected chi connectivity index (χ0v) is 15.4. The molecule has 2 heterocycles. The molecule has 4 rings (SSSR count). The number of thiocarbonyl (C=S) groups is 1. The molecule has 1 amide bonds. The predicted octanol–water partition coefficient (Wildman–Crippen LogP) is 4.44. The monoisotopic (exact) mass is 369 g/mol. The van der Waals surface area contributed by atoms with Crippen molar-refractivity contribution in [2.24, 2.45) is 0 Å². The lowest BCUT2D eigenvalue weighted by Gasteiger charge is -2.15. The highest BCUT2D eigenvalue weighted by Gasteiger charge is 2.33. The first-order chi connectivity index (χ1) is 12.0. The van der Waals surface area contributed by atoms with Crippen molar-refractivity contribution in [2.75, 3.05) is 11.7 Å². The molecule has 0 spiro atoms. The maximum Gasteiger partial charge on any atom is 0.270 e. The van der Waals surface area contributed by atoms with Crippen molar-refractivity contribution in [3.05, 3.63) is 58.0 Å². The highest BCUT2D eigenvalue weighted by Crippen LogP contribution is 2.38. The van der Waals surface area contributed by atoms with Gasteiger partial charge in [-0.2, -0.15) is 0 Å². The maximum absolute atomic E-state index is 12.8. The number of ether oxygens (including phenoxy) is 2. The van der Waals surface area contributed by atoms with E-state index in [1.54, 1.807) is 4.90 Å². The van der Waals surface area contributed by atoms with Gasteiger partial charge in [-0.15, -0.1) is 0 Å². The van der Waals surface area contributed by atoms with Crippen LogP contribution in [-0.4, -0.2) is 17.0 Å². The minimum absolute atomic E-state index is 0.101. The molecule has 1 saturated heterocycles. The number of hydrogen-bond acceptors (Lipinski definition) is 5. The number of aryl methyl sites for hydroxylation is 2. The molecule has 0 unspecified atom stereocenters. The second kappa shape index (κ2) is 6.20. The molecule has 0 radical (unpaired) electrons. The van der Waals surface area contributed by atoms with E-state index in [1.807, 2.05) is 56.3 Å². The smallest absolute Gasteiger partial charge is 0.270 e. The number of hydrogen-bond donors (Lipinski definition) is 0. The van der Waals surface area contributed by atoms with Gasteiger partial charge in [0.1, 0.15) is 0 Å². The summed E-state index contributed by atoms with van der Waals surface area (Å²) in [4.78, 5) is 15.0. The van der Waals surface area contributed by atoms with E-state index in [4.69, 9.17) is 21.7 Å². The summed E-state index contributed by atoms with van der Waals surface area (Å²) in [6.45, 7) is 4.30. The van der Waals surface area contributed by atoms with Gasteiger partial charge < -0.3 is 9.47 Å². The van der Waals surface area contributed by atoms with Crippen LogP contribution >= 0.6 is 24.0 Å². The summed E-state index contributed by atoms with van der Waals surface area (Å²) in [5.74, 6) is 1.31. The van der Waals surface area contributed by atoms with Gasteiger partial charge in [0, 0.05) is 0 Å². The summed E-state index contributed by atoms with van der Waals surface area (Å²) in [7, 11) is 0. The standard InChI is InChI=1S/C19H15NO3S2/c1-11-3-5-14(7-12(11)2)20-18(21)17(25-19(20)24)9-13-4-6-15-16(8-13)23-10-22-15/h3-9H,10H2,1-2H3/b17-9-. The van der Waals surface area contributed by atoms with E-state index in [0.29, 0.717) is 15.0 Å². The van der Waals surface area contributed by atoms with E-state index in [1.165, 1.54) is 17.3 Å². The summed E-state index contributed by atoms with van der Waals surface area (Å²) in [6, 6.07) is 11.5. The van der Waals surface area contributed by atoms with Crippen LogP contribution < -0.4 is 14.4 Å². The minimum atomic E-state index is -0.101. The minimum Gasteiger partial charge on any atom is -0.454 e. The van der Waals surface area contributed by atoms with Crippen LogP contribution in [0.4, 0.5) is 5.69 Å². The molecule has 2 aromatic carbocycles. The molecular weight excluding hydrogens is 354 g/mol. The van der Waals surface area contributed by atoms with Gasteiger partial charge >= 0.3 is 0 Å². The Bertz CT molecular complexity index is 936. The molecule has 2 aliphatic heterocycles. The van der Waals surface area contributed by atoms with Crippen molar-refractivity contribution < 1.29 is 14.3 Å². The van der Waals surface area contributed by atoms with Crippen LogP contribution in [0.3, 0.4) is 0 Å². The van der Waals surface area contributed by atoms with Crippen LogP contribution in [-0.2, 0) is 4.79 Å². The van der Waals surface area contributed by atoms with E-state index < -0.39 is 0 Å². The molecule has 1 fully saturated rings. The van der Waals surface area contributed by atoms with Crippen LogP contribution in [0.5, 0.6) is 11.5 Å². The Morgan fingerprint density at radius 3 is 2.68 bits per heavy atom. The van der Waals surface area contributed by atoms with Crippen molar-refractivity contribution in [3.8, 4) is 11.5 Å². The first-order valence-electron chi connectivity index (χ1n) is 7.78. The fourth-order valence-electron chi connectivity index (χ4n) is 2.71. The topological polar surface area (TPSA) is 38.8 Å². The molecule has 0 atom stereocenters. The van der Waals surface area contributed by atoms with Gasteiger partial charge in [0.05, 0.1) is 10.6 Å². The van der Waals surface area contributed by atoms with Crippen molar-refractivity contribution in [3.63, 3.8) is 0 Å². The Morgan fingerprint density at radius 2 is 1.88 bits per heavy atom. The Balaban J connectivity index is 1.65. The van der Waals surface area contributed by atoms with Crippen LogP contribution in [0.1, 0.15) is 16.7 Å². The molecule has 2 aromatic rings. The fraction of sp³-hybridized carbons (Fsp3) is 0.158. The van der Waals surface area contributed by atoms with Gasteiger partial charge in [-0.3, -0.25) is 9.69 Å². The average Bonchev–Trinajstić information content (AvgIpc) is 3.15. The predicted molar refractivity (Wildman–Crippen MR) is 104 cm³/mol. The van der Waals surface area contributed by atoms with Crippen LogP contribution in [0.25, 0.3) is 6.08 Å². The second-order valence-corrected chi connectivity index (χ2v) is 7.57. The lowest BCUT2D eigenvalue weighted by molar-refractivity contribution is -0.113. The molecule has 0 N–H and O–H groups in total. The van der Waals surface area contributed by atoms with Crippen molar-refractivity contribution in [1.82, 2.24) is 0 Å². The molecule has 0 saturated carbocycles. The number of thioether (sulfide) groups is 1. The third-order valence-corrected chi connectivity index (χ3v) is 5.54. The zero-order chi connectivity index (χ0) is 17.6. The highest BCUT2D eigenvalue weighted by molar-refractivity contribution is 8.27. The van der Waals surface area contributed by atoms with Gasteiger partial charge in [0.15, 0.2) is 15.8 Å². The summed E-state index contributed by atoms with van der Waals surface area (Å²) in [5, 5.41) is 0. The lowest BCUT2D eigenvalue weighted by Crippen LogP contribution is -2.27. The third-order valence-electron chi connectivity index (χ3n) is 4.24. The third kappa shape index (κ3) is 2.92. The largest absolute Gasteiger partial charge is 0.454 e. The number of carbonyl (C=O) groups excluding carboxylic acids is 1. The maximum atomic E-state index is 12.8. The van der Waals surface area contributed by atoms with Gasteiger partial charge in [0.2, 0.25) is 6.79 Å². The highest BCUT2D eigenvalue weighted by atomic mass is 32.2. The normalized spacial score (nSPS) is 17.7. The van der Waals surface area contributed by atoms with Crippen molar-refractivity contribution in [2.45, 2.75) is 13.8 Å². The Labute approximate surface area is 155 Å². The Hall–Kier alpha value is -2.31. The summed E-state index contributed by atoms with van der Waals surface area (Å²) < 4.78 is 11.2. The quantitative estimate of drug-likeness (QED) is 0.578. The average molecular weight is 369 g/mol.